The number of nitrogens with one attached hydrogen (secondary N) is 2. The summed E-state index contributed by atoms with van der Waals surface area (Å²) in [5.74, 6) is 1.36. The van der Waals surface area contributed by atoms with Crippen molar-refractivity contribution in [3.63, 3.8) is 0 Å². The van der Waals surface area contributed by atoms with Crippen molar-refractivity contribution < 1.29 is 9.15 Å². The number of fused-ring (bicyclic) bond motifs is 1. The Bertz CT molecular complexity index is 893. The first-order valence-corrected chi connectivity index (χ1v) is 9.97. The molecule has 7 nitrogen and oxygen atoms in total. The maximum absolute atomic E-state index is 6.20. The summed E-state index contributed by atoms with van der Waals surface area (Å²) in [5.41, 5.74) is 8.07. The number of nitrogens with two attached hydrogens (primary N) is 1. The normalized spacial score (nSPS) is 22.7. The van der Waals surface area contributed by atoms with E-state index in [1.807, 2.05) is 38.1 Å². The van der Waals surface area contributed by atoms with Crippen molar-refractivity contribution in [1.29, 1.82) is 0 Å². The highest BCUT2D eigenvalue weighted by Crippen LogP contribution is 2.31. The van der Waals surface area contributed by atoms with Gasteiger partial charge in [-0.05, 0) is 64.4 Å². The van der Waals surface area contributed by atoms with E-state index in [1.54, 1.807) is 6.26 Å². The molecule has 28 heavy (non-hydrogen) atoms. The number of hydrogen-bond donors (Lipinski definition) is 3. The van der Waals surface area contributed by atoms with Crippen LogP contribution in [0.15, 0.2) is 45.6 Å². The molecule has 0 bridgehead atoms. The molecule has 0 saturated carbocycles. The van der Waals surface area contributed by atoms with Crippen LogP contribution >= 0.6 is 0 Å². The number of guanidine groups is 1. The van der Waals surface area contributed by atoms with Gasteiger partial charge in [0.15, 0.2) is 11.3 Å². The average Bonchev–Trinajstić information content (AvgIpc) is 3.28. The molecule has 0 aliphatic carbocycles. The van der Waals surface area contributed by atoms with E-state index >= 15 is 0 Å². The molecule has 0 amide bonds. The van der Waals surface area contributed by atoms with Gasteiger partial charge in [0, 0.05) is 29.4 Å². The third-order valence-electron chi connectivity index (χ3n) is 5.04. The van der Waals surface area contributed by atoms with Crippen LogP contribution in [0.2, 0.25) is 0 Å². The first-order chi connectivity index (χ1) is 13.5. The zero-order valence-electron chi connectivity index (χ0n) is 16.6. The average molecular weight is 383 g/mol. The summed E-state index contributed by atoms with van der Waals surface area (Å²) < 4.78 is 11.7. The maximum atomic E-state index is 6.20. The number of aliphatic imine (C=N–C) groups is 1. The number of rotatable bonds is 6. The highest BCUT2D eigenvalue weighted by molar-refractivity contribution is 5.98. The molecule has 7 heteroatoms. The molecule has 1 aromatic heterocycles. The molecule has 2 aromatic rings. The van der Waals surface area contributed by atoms with Gasteiger partial charge >= 0.3 is 0 Å². The smallest absolute Gasteiger partial charge is 0.202 e. The van der Waals surface area contributed by atoms with E-state index in [-0.39, 0.29) is 0 Å². The Labute approximate surface area is 165 Å². The molecule has 1 saturated heterocycles. The molecule has 0 spiro atoms. The number of furan rings is 1. The lowest BCUT2D eigenvalue weighted by Crippen LogP contribution is -2.55. The largest absolute Gasteiger partial charge is 0.490 e. The van der Waals surface area contributed by atoms with Crippen LogP contribution in [-0.4, -0.2) is 42.8 Å². The van der Waals surface area contributed by atoms with Crippen LogP contribution in [0.3, 0.4) is 0 Å². The Balaban J connectivity index is 1.45. The Hall–Kier alpha value is -2.51. The summed E-state index contributed by atoms with van der Waals surface area (Å²) in [5, 5.41) is 7.48. The van der Waals surface area contributed by atoms with Crippen molar-refractivity contribution in [3.05, 3.63) is 36.2 Å². The minimum absolute atomic E-state index is 0.618. The second-order valence-electron chi connectivity index (χ2n) is 7.84. The van der Waals surface area contributed by atoms with Gasteiger partial charge in [-0.1, -0.05) is 0 Å². The van der Waals surface area contributed by atoms with Crippen molar-refractivity contribution in [2.24, 2.45) is 10.7 Å². The van der Waals surface area contributed by atoms with Crippen molar-refractivity contribution >= 4 is 22.6 Å². The topological polar surface area (TPSA) is 88.0 Å². The molecule has 4 N–H and O–H groups in total. The molecule has 1 atom stereocenters. The second kappa shape index (κ2) is 7.85. The standard InChI is InChI=1S/C21H29N5O2/c1-15-14-21(2,22)25-20(23-15)24-17-12-16-6-11-28-19(16)18(13-17)27-10-5-9-26-7-3-4-8-26/h6,11-14H,3-5,7-10,22H2,1-2H3,(H2,23,24,25). The van der Waals surface area contributed by atoms with Crippen LogP contribution < -0.4 is 21.1 Å². The van der Waals surface area contributed by atoms with E-state index < -0.39 is 5.66 Å². The first-order valence-electron chi connectivity index (χ1n) is 9.97. The van der Waals surface area contributed by atoms with Crippen molar-refractivity contribution in [1.82, 2.24) is 10.2 Å². The third kappa shape index (κ3) is 4.48. The second-order valence-corrected chi connectivity index (χ2v) is 7.84. The Morgan fingerprint density at radius 3 is 2.96 bits per heavy atom. The van der Waals surface area contributed by atoms with E-state index in [0.717, 1.165) is 41.1 Å². The predicted octanol–water partition coefficient (Wildman–Crippen LogP) is 3.25. The highest BCUT2D eigenvalue weighted by Gasteiger charge is 2.22. The third-order valence-corrected chi connectivity index (χ3v) is 5.04. The molecule has 150 valence electrons. The number of nitrogens with zero attached hydrogens (tertiary/aromatic N) is 2. The summed E-state index contributed by atoms with van der Waals surface area (Å²) in [4.78, 5) is 6.99. The molecule has 1 aromatic carbocycles. The van der Waals surface area contributed by atoms with E-state index in [1.165, 1.54) is 25.9 Å². The highest BCUT2D eigenvalue weighted by atomic mass is 16.5. The fourth-order valence-corrected chi connectivity index (χ4v) is 3.86. The SMILES string of the molecule is CC1=CC(C)(N)NC(Nc2cc(OCCCN3CCCC3)c3occc3c2)=N1. The Kier molecular flexibility index (Phi) is 5.28. The molecular weight excluding hydrogens is 354 g/mol. The van der Waals surface area contributed by atoms with Crippen molar-refractivity contribution in [2.75, 3.05) is 31.6 Å². The Morgan fingerprint density at radius 2 is 2.18 bits per heavy atom. The minimum Gasteiger partial charge on any atom is -0.490 e. The summed E-state index contributed by atoms with van der Waals surface area (Å²) in [7, 11) is 0. The number of anilines is 1. The number of hydrogen-bond acceptors (Lipinski definition) is 7. The molecule has 1 unspecified atom stereocenters. The van der Waals surface area contributed by atoms with Gasteiger partial charge in [0.1, 0.15) is 5.66 Å². The summed E-state index contributed by atoms with van der Waals surface area (Å²) in [6.45, 7) is 8.01. The quantitative estimate of drug-likeness (QED) is 0.664. The fraction of sp³-hybridized carbons (Fsp3) is 0.476. The van der Waals surface area contributed by atoms with Crippen LogP contribution in [0.1, 0.15) is 33.1 Å². The molecule has 1 fully saturated rings. The molecule has 0 radical (unpaired) electrons. The molecule has 2 aliphatic rings. The predicted molar refractivity (Wildman–Crippen MR) is 113 cm³/mol. The lowest BCUT2D eigenvalue weighted by Gasteiger charge is -2.29. The summed E-state index contributed by atoms with van der Waals surface area (Å²) in [6, 6.07) is 5.90. The lowest BCUT2D eigenvalue weighted by molar-refractivity contribution is 0.263. The minimum atomic E-state index is -0.636. The fourth-order valence-electron chi connectivity index (χ4n) is 3.86. The van der Waals surface area contributed by atoms with Crippen LogP contribution in [0.25, 0.3) is 11.0 Å². The van der Waals surface area contributed by atoms with Crippen LogP contribution in [-0.2, 0) is 0 Å². The van der Waals surface area contributed by atoms with E-state index in [2.05, 4.69) is 20.5 Å². The van der Waals surface area contributed by atoms with Crippen LogP contribution in [0, 0.1) is 0 Å². The van der Waals surface area contributed by atoms with Crippen molar-refractivity contribution in [2.45, 2.75) is 38.8 Å². The first kappa shape index (κ1) is 18.8. The summed E-state index contributed by atoms with van der Waals surface area (Å²) in [6.07, 6.45) is 7.22. The number of allylic oxidation sites excluding steroid dienone is 1. The molecule has 2 aliphatic heterocycles. The molecule has 4 rings (SSSR count). The van der Waals surface area contributed by atoms with Crippen LogP contribution in [0.4, 0.5) is 5.69 Å². The van der Waals surface area contributed by atoms with Crippen LogP contribution in [0.5, 0.6) is 5.75 Å². The van der Waals surface area contributed by atoms with Gasteiger partial charge in [0.2, 0.25) is 5.96 Å². The zero-order valence-corrected chi connectivity index (χ0v) is 16.6. The zero-order chi connectivity index (χ0) is 19.6. The maximum Gasteiger partial charge on any atom is 0.202 e. The lowest BCUT2D eigenvalue weighted by atomic mass is 10.1. The number of ether oxygens (including phenoxy) is 1. The summed E-state index contributed by atoms with van der Waals surface area (Å²) >= 11 is 0. The van der Waals surface area contributed by atoms with Gasteiger partial charge < -0.3 is 30.4 Å². The van der Waals surface area contributed by atoms with E-state index in [4.69, 9.17) is 14.9 Å². The van der Waals surface area contributed by atoms with E-state index in [9.17, 15) is 0 Å². The number of likely N-dealkylation sites (tertiary alicyclic amines) is 1. The molecular formula is C21H29N5O2. The Morgan fingerprint density at radius 1 is 1.36 bits per heavy atom. The molecule has 3 heterocycles. The van der Waals surface area contributed by atoms with Gasteiger partial charge in [0.25, 0.3) is 0 Å². The van der Waals surface area contributed by atoms with E-state index in [0.29, 0.717) is 12.6 Å². The van der Waals surface area contributed by atoms with Gasteiger partial charge in [0.05, 0.1) is 12.9 Å². The monoisotopic (exact) mass is 383 g/mol. The van der Waals surface area contributed by atoms with Gasteiger partial charge in [-0.3, -0.25) is 0 Å². The van der Waals surface area contributed by atoms with Gasteiger partial charge in [-0.15, -0.1) is 0 Å². The van der Waals surface area contributed by atoms with Crippen molar-refractivity contribution in [3.8, 4) is 5.75 Å². The van der Waals surface area contributed by atoms with Gasteiger partial charge in [-0.2, -0.15) is 0 Å². The van der Waals surface area contributed by atoms with Gasteiger partial charge in [-0.25, -0.2) is 4.99 Å². The number of benzene rings is 1.